The predicted molar refractivity (Wildman–Crippen MR) is 292 cm³/mol. The highest BCUT2D eigenvalue weighted by molar-refractivity contribution is 7.05. The zero-order valence-corrected chi connectivity index (χ0v) is 40.9. The van der Waals surface area contributed by atoms with Crippen molar-refractivity contribution in [3.8, 4) is 22.3 Å². The highest BCUT2D eigenvalue weighted by Gasteiger charge is 2.47. The molecular weight excluding hydrogens is 841 g/mol. The normalized spacial score (nSPS) is 16.7. The molecule has 0 radical (unpaired) electrons. The number of benzene rings is 9. The quantitative estimate of drug-likeness (QED) is 0.125. The van der Waals surface area contributed by atoms with Crippen molar-refractivity contribution >= 4 is 93.9 Å². The third-order valence-corrected chi connectivity index (χ3v) is 25.0. The minimum atomic E-state index is -1.85. The van der Waals surface area contributed by atoms with Gasteiger partial charge in [0, 0.05) is 39.2 Å². The summed E-state index contributed by atoms with van der Waals surface area (Å²) in [6, 6.07) is 76.6. The molecule has 0 aromatic heterocycles. The van der Waals surface area contributed by atoms with Gasteiger partial charge in [-0.2, -0.15) is 0 Å². The van der Waals surface area contributed by atoms with Gasteiger partial charge in [0.05, 0.1) is 5.69 Å². The standard InChI is InChI=1S/C63H54N2Si2/c1-63(2)52-41-44(31-35-49(52)50-36-34-46(42-53(50)63)64-55-19-7-11-23-59(55)66(3,4)60-24-12-8-20-56(60)64)28-27-43-29-32-45(33-30-43)47-37-38-54(51-18-6-5-17-48(47)51)65-57-21-9-13-25-61(57)67(39-15-16-40-67)62-26-14-10-22-58(62)65/h5-14,17-38,41-42H,15-16,39-40H2,1-4H3. The van der Waals surface area contributed by atoms with E-state index in [9.17, 15) is 0 Å². The molecule has 0 saturated carbocycles. The number of hydrogen-bond acceptors (Lipinski definition) is 2. The molecule has 0 unspecified atom stereocenters. The van der Waals surface area contributed by atoms with Crippen LogP contribution in [-0.2, 0) is 5.41 Å². The lowest BCUT2D eigenvalue weighted by Crippen LogP contribution is -2.60. The van der Waals surface area contributed by atoms with Crippen LogP contribution in [-0.4, -0.2) is 16.1 Å². The van der Waals surface area contributed by atoms with E-state index < -0.39 is 16.1 Å². The Labute approximate surface area is 397 Å². The molecule has 1 aliphatic carbocycles. The molecule has 324 valence electrons. The van der Waals surface area contributed by atoms with Crippen LogP contribution >= 0.6 is 0 Å². The van der Waals surface area contributed by atoms with Crippen molar-refractivity contribution in [3.63, 3.8) is 0 Å². The first-order chi connectivity index (χ1) is 32.7. The molecule has 13 rings (SSSR count). The van der Waals surface area contributed by atoms with Crippen LogP contribution in [0.3, 0.4) is 0 Å². The number of para-hydroxylation sites is 4. The van der Waals surface area contributed by atoms with Crippen molar-refractivity contribution in [3.05, 3.63) is 216 Å². The van der Waals surface area contributed by atoms with Gasteiger partial charge in [-0.05, 0) is 125 Å². The van der Waals surface area contributed by atoms with Gasteiger partial charge in [0.1, 0.15) is 16.1 Å². The van der Waals surface area contributed by atoms with Gasteiger partial charge in [-0.1, -0.05) is 204 Å². The fourth-order valence-electron chi connectivity index (χ4n) is 12.8. The monoisotopic (exact) mass is 894 g/mol. The summed E-state index contributed by atoms with van der Waals surface area (Å²) in [5.41, 5.74) is 18.1. The minimum Gasteiger partial charge on any atom is -0.311 e. The Hall–Kier alpha value is -6.99. The van der Waals surface area contributed by atoms with Crippen LogP contribution in [0.15, 0.2) is 194 Å². The van der Waals surface area contributed by atoms with Gasteiger partial charge in [-0.25, -0.2) is 0 Å². The van der Waals surface area contributed by atoms with Crippen molar-refractivity contribution in [1.82, 2.24) is 0 Å². The second-order valence-corrected chi connectivity index (χ2v) is 29.0. The van der Waals surface area contributed by atoms with Crippen molar-refractivity contribution in [2.75, 3.05) is 9.80 Å². The molecule has 1 saturated heterocycles. The van der Waals surface area contributed by atoms with E-state index in [2.05, 4.69) is 243 Å². The summed E-state index contributed by atoms with van der Waals surface area (Å²) in [6.07, 6.45) is 7.23. The minimum absolute atomic E-state index is 0.145. The molecule has 2 nitrogen and oxygen atoms in total. The Bertz CT molecular complexity index is 3400. The molecule has 4 aliphatic rings. The van der Waals surface area contributed by atoms with Crippen LogP contribution in [0.2, 0.25) is 25.2 Å². The van der Waals surface area contributed by atoms with Crippen molar-refractivity contribution < 1.29 is 0 Å². The molecular formula is C63H54N2Si2. The number of hydrogen-bond donors (Lipinski definition) is 0. The molecule has 9 aromatic rings. The first kappa shape index (κ1) is 40.3. The van der Waals surface area contributed by atoms with Gasteiger partial charge < -0.3 is 9.80 Å². The average Bonchev–Trinajstić information content (AvgIpc) is 3.94. The second-order valence-electron chi connectivity index (χ2n) is 20.4. The second kappa shape index (κ2) is 15.0. The van der Waals surface area contributed by atoms with Crippen LogP contribution < -0.4 is 30.5 Å². The van der Waals surface area contributed by atoms with E-state index in [4.69, 9.17) is 0 Å². The Kier molecular flexibility index (Phi) is 9.03. The van der Waals surface area contributed by atoms with E-state index in [0.29, 0.717) is 0 Å². The van der Waals surface area contributed by atoms with Crippen LogP contribution in [0.1, 0.15) is 48.9 Å². The Balaban J connectivity index is 0.795. The van der Waals surface area contributed by atoms with E-state index in [-0.39, 0.29) is 5.41 Å². The Morgan fingerprint density at radius 1 is 0.418 bits per heavy atom. The van der Waals surface area contributed by atoms with Crippen LogP contribution in [0.4, 0.5) is 34.1 Å². The van der Waals surface area contributed by atoms with E-state index in [1.807, 2.05) is 0 Å². The number of anilines is 6. The lowest BCUT2D eigenvalue weighted by molar-refractivity contribution is 0.660. The van der Waals surface area contributed by atoms with E-state index in [1.165, 1.54) is 125 Å². The zero-order valence-electron chi connectivity index (χ0n) is 38.9. The maximum absolute atomic E-state index is 2.58. The van der Waals surface area contributed by atoms with E-state index >= 15 is 0 Å². The molecule has 0 atom stereocenters. The molecule has 9 aromatic carbocycles. The summed E-state index contributed by atoms with van der Waals surface area (Å²) in [7, 11) is -3.66. The number of rotatable bonds is 5. The zero-order chi connectivity index (χ0) is 45.1. The van der Waals surface area contributed by atoms with Crippen LogP contribution in [0.5, 0.6) is 0 Å². The van der Waals surface area contributed by atoms with Crippen molar-refractivity contribution in [1.29, 1.82) is 0 Å². The first-order valence-electron chi connectivity index (χ1n) is 24.3. The van der Waals surface area contributed by atoms with Gasteiger partial charge >= 0.3 is 0 Å². The third kappa shape index (κ3) is 5.99. The fourth-order valence-corrected chi connectivity index (χ4v) is 21.3. The summed E-state index contributed by atoms with van der Waals surface area (Å²) < 4.78 is 0. The van der Waals surface area contributed by atoms with Crippen LogP contribution in [0, 0.1) is 0 Å². The summed E-state index contributed by atoms with van der Waals surface area (Å²) >= 11 is 0. The largest absolute Gasteiger partial charge is 0.311 e. The predicted octanol–water partition coefficient (Wildman–Crippen LogP) is 14.7. The molecule has 67 heavy (non-hydrogen) atoms. The van der Waals surface area contributed by atoms with Gasteiger partial charge in [0.15, 0.2) is 0 Å². The smallest absolute Gasteiger partial charge is 0.123 e. The molecule has 4 heteroatoms. The molecule has 1 spiro atoms. The number of fused-ring (bicyclic) bond motifs is 10. The lowest BCUT2D eigenvalue weighted by Gasteiger charge is -2.43. The Morgan fingerprint density at radius 2 is 0.896 bits per heavy atom. The SMILES string of the molecule is CC1(C)c2cc(C=Cc3ccc(-c4ccc(N5c6ccccc6[Si]6(CCCC6)c6ccccc65)c5ccccc45)cc3)ccc2-c2ccc(N3c4ccccc4[Si](C)(C)c4ccccc43)cc21. The van der Waals surface area contributed by atoms with E-state index in [1.54, 1.807) is 10.4 Å². The molecule has 0 bridgehead atoms. The topological polar surface area (TPSA) is 6.48 Å². The van der Waals surface area contributed by atoms with Gasteiger partial charge in [-0.15, -0.1) is 0 Å². The van der Waals surface area contributed by atoms with Crippen LogP contribution in [0.25, 0.3) is 45.2 Å². The number of nitrogens with zero attached hydrogens (tertiary/aromatic N) is 2. The summed E-state index contributed by atoms with van der Waals surface area (Å²) in [5.74, 6) is 0. The molecule has 3 heterocycles. The molecule has 0 N–H and O–H groups in total. The van der Waals surface area contributed by atoms with Crippen molar-refractivity contribution in [2.45, 2.75) is 57.3 Å². The molecule has 1 fully saturated rings. The highest BCUT2D eigenvalue weighted by Crippen LogP contribution is 2.52. The van der Waals surface area contributed by atoms with Crippen molar-refractivity contribution in [2.24, 2.45) is 0 Å². The highest BCUT2D eigenvalue weighted by atomic mass is 28.3. The maximum atomic E-state index is 2.58. The summed E-state index contributed by atoms with van der Waals surface area (Å²) in [6.45, 7) is 9.78. The fraction of sp³-hybridized carbons (Fsp3) is 0.143. The maximum Gasteiger partial charge on any atom is 0.123 e. The van der Waals surface area contributed by atoms with Gasteiger partial charge in [0.25, 0.3) is 0 Å². The van der Waals surface area contributed by atoms with Gasteiger partial charge in [-0.3, -0.25) is 0 Å². The molecule has 3 aliphatic heterocycles. The summed E-state index contributed by atoms with van der Waals surface area (Å²) in [4.78, 5) is 5.09. The molecule has 0 amide bonds. The van der Waals surface area contributed by atoms with Gasteiger partial charge in [0.2, 0.25) is 0 Å². The first-order valence-corrected chi connectivity index (χ1v) is 29.7. The average molecular weight is 895 g/mol. The summed E-state index contributed by atoms with van der Waals surface area (Å²) in [5, 5.41) is 8.78. The lowest BCUT2D eigenvalue weighted by atomic mass is 9.81. The third-order valence-electron chi connectivity index (χ3n) is 16.2. The Morgan fingerprint density at radius 3 is 1.52 bits per heavy atom. The van der Waals surface area contributed by atoms with E-state index in [0.717, 1.165) is 0 Å².